The summed E-state index contributed by atoms with van der Waals surface area (Å²) >= 11 is 2.53. The molecule has 141 valence electrons. The van der Waals surface area contributed by atoms with Crippen LogP contribution in [-0.4, -0.2) is 8.07 Å². The van der Waals surface area contributed by atoms with Crippen LogP contribution in [0.3, 0.4) is 0 Å². The molecule has 0 N–H and O–H groups in total. The van der Waals surface area contributed by atoms with Gasteiger partial charge >= 0.3 is 150 Å². The maximum Gasteiger partial charge on any atom is -0.147 e. The summed E-state index contributed by atoms with van der Waals surface area (Å²) in [7, 11) is -1.66. The number of rotatable bonds is 5. The molecule has 0 amide bonds. The van der Waals surface area contributed by atoms with Crippen molar-refractivity contribution in [3.05, 3.63) is 52.6 Å². The molecule has 1 aromatic rings. The van der Waals surface area contributed by atoms with Crippen molar-refractivity contribution in [3.63, 3.8) is 0 Å². The predicted octanol–water partition coefficient (Wildman–Crippen LogP) is 6.97. The van der Waals surface area contributed by atoms with Crippen molar-refractivity contribution in [2.75, 3.05) is 0 Å². The molecule has 0 bridgehead atoms. The van der Waals surface area contributed by atoms with E-state index in [9.17, 15) is 0 Å². The smallest absolute Gasteiger partial charge is 0.147 e. The summed E-state index contributed by atoms with van der Waals surface area (Å²) in [6.07, 6.45) is 2.63. The Hall–Kier alpha value is 0.501. The first kappa shape index (κ1) is 27.7. The topological polar surface area (TPSA) is 0 Å². The van der Waals surface area contributed by atoms with E-state index < -0.39 is 8.07 Å². The Labute approximate surface area is 186 Å². The van der Waals surface area contributed by atoms with Crippen molar-refractivity contribution in [3.8, 4) is 0 Å². The first-order valence-electron chi connectivity index (χ1n) is 8.47. The molecule has 25 heavy (non-hydrogen) atoms. The standard InChI is InChI=1S/C20H29Si.3ClH.Ti/c1-7-8-14-21(6,19-12-10-9-11-13-19)20-17(4)15(2)16(3)18(20)5;;;;/h9-13H,7-8,14H2,1-6H3;3*1H;. The van der Waals surface area contributed by atoms with Crippen LogP contribution in [-0.2, 0) is 20.4 Å². The summed E-state index contributed by atoms with van der Waals surface area (Å²) in [4.78, 5) is 0. The summed E-state index contributed by atoms with van der Waals surface area (Å²) in [5.41, 5.74) is 6.31. The van der Waals surface area contributed by atoms with Gasteiger partial charge in [0.1, 0.15) is 0 Å². The van der Waals surface area contributed by atoms with Crippen LogP contribution in [0.2, 0.25) is 15.9 Å². The molecular weight excluding hydrogens is 423 g/mol. The molecule has 0 radical (unpaired) electrons. The van der Waals surface area contributed by atoms with Crippen LogP contribution >= 0.6 is 37.2 Å². The molecule has 0 spiro atoms. The van der Waals surface area contributed by atoms with E-state index in [-0.39, 0.29) is 40.6 Å². The average molecular weight is 455 g/mol. The van der Waals surface area contributed by atoms with E-state index in [2.05, 4.69) is 91.9 Å². The van der Waals surface area contributed by atoms with E-state index in [0.29, 0.717) is 0 Å². The molecule has 2 rings (SSSR count). The number of allylic oxidation sites excluding steroid dienone is 4. The zero-order valence-electron chi connectivity index (χ0n) is 16.2. The molecular formula is C20H32Cl3SiTi. The van der Waals surface area contributed by atoms with Gasteiger partial charge in [-0.25, -0.2) is 0 Å². The number of halogens is 3. The van der Waals surface area contributed by atoms with E-state index in [4.69, 9.17) is 0 Å². The van der Waals surface area contributed by atoms with Crippen molar-refractivity contribution >= 4 is 50.5 Å². The molecule has 1 aliphatic carbocycles. The third-order valence-corrected chi connectivity index (χ3v) is 15.2. The maximum absolute atomic E-state index is 2.62. The van der Waals surface area contributed by atoms with Crippen molar-refractivity contribution in [2.45, 2.75) is 63.4 Å². The minimum absolute atomic E-state index is 0. The second kappa shape index (κ2) is 10.7. The van der Waals surface area contributed by atoms with Gasteiger partial charge in [-0.15, -0.1) is 37.2 Å². The van der Waals surface area contributed by atoms with Gasteiger partial charge in [0.15, 0.2) is 0 Å². The van der Waals surface area contributed by atoms with Crippen LogP contribution in [0.5, 0.6) is 0 Å². The molecule has 0 nitrogen and oxygen atoms in total. The fourth-order valence-electron chi connectivity index (χ4n) is 4.12. The van der Waals surface area contributed by atoms with E-state index >= 15 is 0 Å². The van der Waals surface area contributed by atoms with Crippen LogP contribution in [0.1, 0.15) is 47.5 Å². The van der Waals surface area contributed by atoms with E-state index in [1.165, 1.54) is 30.0 Å². The minimum Gasteiger partial charge on any atom is -0.147 e. The van der Waals surface area contributed by atoms with Crippen LogP contribution in [0.15, 0.2) is 52.6 Å². The first-order valence-corrected chi connectivity index (χ1v) is 12.0. The van der Waals surface area contributed by atoms with Gasteiger partial charge in [0, 0.05) is 0 Å². The quantitative estimate of drug-likeness (QED) is 0.421. The Morgan fingerprint density at radius 1 is 0.880 bits per heavy atom. The third-order valence-electron chi connectivity index (χ3n) is 6.08. The van der Waals surface area contributed by atoms with Crippen molar-refractivity contribution in [1.29, 1.82) is 0 Å². The third kappa shape index (κ3) is 4.50. The summed E-state index contributed by atoms with van der Waals surface area (Å²) in [5, 5.41) is 1.62. The van der Waals surface area contributed by atoms with E-state index in [0.717, 1.165) is 0 Å². The monoisotopic (exact) mass is 453 g/mol. The Morgan fingerprint density at radius 3 is 1.72 bits per heavy atom. The molecule has 1 unspecified atom stereocenters. The largest absolute Gasteiger partial charge is 0.147 e. The number of unbranched alkanes of at least 4 members (excludes halogenated alkanes) is 1. The SMILES string of the molecule is CCCC[Si](C)(c1ccccc1)[C]1([Ti])C(C)=C(C)C(C)=C1C.Cl.Cl.Cl. The average Bonchev–Trinajstić information content (AvgIpc) is 2.70. The van der Waals surface area contributed by atoms with Crippen LogP contribution < -0.4 is 5.19 Å². The predicted molar refractivity (Wildman–Crippen MR) is 119 cm³/mol. The summed E-state index contributed by atoms with van der Waals surface area (Å²) in [6.45, 7) is 14.3. The van der Waals surface area contributed by atoms with Gasteiger partial charge in [-0.3, -0.25) is 0 Å². The van der Waals surface area contributed by atoms with E-state index in [1.54, 1.807) is 16.3 Å². The molecule has 0 aliphatic heterocycles. The molecule has 0 heterocycles. The van der Waals surface area contributed by atoms with Crippen molar-refractivity contribution in [2.24, 2.45) is 0 Å². The van der Waals surface area contributed by atoms with Crippen LogP contribution in [0.25, 0.3) is 0 Å². The molecule has 0 aromatic heterocycles. The van der Waals surface area contributed by atoms with Gasteiger partial charge in [0.25, 0.3) is 0 Å². The fourth-order valence-corrected chi connectivity index (χ4v) is 11.1. The van der Waals surface area contributed by atoms with Gasteiger partial charge < -0.3 is 0 Å². The number of hydrogen-bond donors (Lipinski definition) is 0. The Kier molecular flexibility index (Phi) is 11.9. The maximum atomic E-state index is 2.62. The zero-order valence-corrected chi connectivity index (χ0v) is 21.2. The second-order valence-corrected chi connectivity index (χ2v) is 13.5. The molecule has 0 fully saturated rings. The van der Waals surface area contributed by atoms with Gasteiger partial charge in [-0.1, -0.05) is 0 Å². The van der Waals surface area contributed by atoms with Crippen molar-refractivity contribution < 1.29 is 20.4 Å². The Bertz CT molecular complexity index is 601. The molecule has 1 aromatic carbocycles. The van der Waals surface area contributed by atoms with Crippen LogP contribution in [0, 0.1) is 0 Å². The molecule has 1 aliphatic rings. The Balaban J connectivity index is 0. The Morgan fingerprint density at radius 2 is 1.32 bits per heavy atom. The molecule has 5 heteroatoms. The van der Waals surface area contributed by atoms with Gasteiger partial charge in [0.05, 0.1) is 0 Å². The van der Waals surface area contributed by atoms with Gasteiger partial charge in [-0.2, -0.15) is 0 Å². The van der Waals surface area contributed by atoms with E-state index in [1.807, 2.05) is 0 Å². The first-order chi connectivity index (χ1) is 10.3. The number of benzene rings is 1. The summed E-state index contributed by atoms with van der Waals surface area (Å²) < 4.78 is 0.262. The molecule has 0 saturated heterocycles. The van der Waals surface area contributed by atoms with Crippen molar-refractivity contribution in [1.82, 2.24) is 0 Å². The van der Waals surface area contributed by atoms with Gasteiger partial charge in [-0.05, 0) is 0 Å². The van der Waals surface area contributed by atoms with Gasteiger partial charge in [0.2, 0.25) is 0 Å². The summed E-state index contributed by atoms with van der Waals surface area (Å²) in [6, 6.07) is 12.7. The molecule has 1 atom stereocenters. The fraction of sp³-hybridized carbons (Fsp3) is 0.500. The minimum atomic E-state index is -1.66. The second-order valence-electron chi connectivity index (χ2n) is 7.05. The molecule has 0 saturated carbocycles. The summed E-state index contributed by atoms with van der Waals surface area (Å²) in [5.74, 6) is 0. The zero-order chi connectivity index (χ0) is 16.5. The van der Waals surface area contributed by atoms with Crippen LogP contribution in [0.4, 0.5) is 0 Å². The number of hydrogen-bond acceptors (Lipinski definition) is 0. The normalized spacial score (nSPS) is 18.0.